The molecule has 1 unspecified atom stereocenters. The van der Waals surface area contributed by atoms with E-state index in [4.69, 9.17) is 18.9 Å². The number of aliphatic hydroxyl groups is 1. The fourth-order valence-corrected chi connectivity index (χ4v) is 5.02. The maximum Gasteiger partial charge on any atom is 0.459 e. The lowest BCUT2D eigenvalue weighted by Crippen LogP contribution is -2.41. The summed E-state index contributed by atoms with van der Waals surface area (Å²) in [5.74, 6) is -1.25. The van der Waals surface area contributed by atoms with E-state index in [0.29, 0.717) is 4.57 Å². The van der Waals surface area contributed by atoms with Crippen molar-refractivity contribution in [3.05, 3.63) is 63.4 Å². The minimum atomic E-state index is -4.36. The topological polar surface area (TPSA) is 169 Å². The molecule has 2 heterocycles. The second kappa shape index (κ2) is 9.87. The normalized spacial score (nSPS) is 27.6. The van der Waals surface area contributed by atoms with E-state index < -0.39 is 60.6 Å². The molecule has 12 nitrogen and oxygen atoms in total. The van der Waals surface area contributed by atoms with Gasteiger partial charge >= 0.3 is 19.4 Å². The molecule has 1 saturated heterocycles. The lowest BCUT2D eigenvalue weighted by atomic mass is 10.1. The molecule has 0 radical (unpaired) electrons. The number of nitrogens with one attached hydrogen (secondary N) is 2. The Hall–Kier alpha value is -2.35. The predicted molar refractivity (Wildman–Crippen MR) is 115 cm³/mol. The van der Waals surface area contributed by atoms with Gasteiger partial charge in [-0.3, -0.25) is 23.7 Å². The zero-order valence-corrected chi connectivity index (χ0v) is 19.4. The number of rotatable bonds is 9. The molecule has 180 valence electrons. The third kappa shape index (κ3) is 5.78. The number of hydrogen-bond donors (Lipinski definition) is 4. The number of benzene rings is 1. The van der Waals surface area contributed by atoms with Crippen molar-refractivity contribution in [2.24, 2.45) is 0 Å². The number of alkyl halides is 2. The Morgan fingerprint density at radius 1 is 1.39 bits per heavy atom. The molecule has 1 aliphatic rings. The Morgan fingerprint density at radius 3 is 2.67 bits per heavy atom. The molecule has 1 aromatic carbocycles. The first-order valence-corrected chi connectivity index (χ1v) is 11.8. The lowest BCUT2D eigenvalue weighted by Gasteiger charge is -2.24. The molecule has 1 aliphatic heterocycles. The van der Waals surface area contributed by atoms with Crippen LogP contribution in [0, 0.1) is 0 Å². The van der Waals surface area contributed by atoms with Gasteiger partial charge in [-0.1, -0.05) is 18.2 Å². The number of carbonyl (C=O) groups is 1. The van der Waals surface area contributed by atoms with Crippen LogP contribution < -0.4 is 20.9 Å². The molecule has 0 aliphatic carbocycles. The summed E-state index contributed by atoms with van der Waals surface area (Å²) in [5.41, 5.74) is -1.70. The Kier molecular flexibility index (Phi) is 7.56. The van der Waals surface area contributed by atoms with Gasteiger partial charge < -0.3 is 19.5 Å². The van der Waals surface area contributed by atoms with Gasteiger partial charge in [-0.15, -0.1) is 0 Å². The Morgan fingerprint density at radius 2 is 2.06 bits per heavy atom. The van der Waals surface area contributed by atoms with Crippen LogP contribution in [0.25, 0.3) is 0 Å². The molecule has 0 spiro atoms. The number of H-pyrrole nitrogens is 1. The van der Waals surface area contributed by atoms with Crippen molar-refractivity contribution in [3.63, 3.8) is 0 Å². The number of carboxylic acid groups (broad SMARTS) is 1. The van der Waals surface area contributed by atoms with E-state index in [2.05, 4.69) is 21.0 Å². The number of aromatic nitrogens is 2. The fraction of sp³-hybridized carbons (Fsp3) is 0.389. The fourth-order valence-electron chi connectivity index (χ4n) is 2.89. The van der Waals surface area contributed by atoms with Crippen LogP contribution in [0.15, 0.2) is 52.2 Å². The van der Waals surface area contributed by atoms with E-state index in [1.165, 1.54) is 19.1 Å². The zero-order chi connectivity index (χ0) is 24.4. The first-order chi connectivity index (χ1) is 15.4. The van der Waals surface area contributed by atoms with Crippen LogP contribution in [0.1, 0.15) is 13.2 Å². The van der Waals surface area contributed by atoms with E-state index in [0.717, 1.165) is 12.3 Å². The maximum absolute atomic E-state index is 15.2. The molecular formula is C18H20BrFN3O9P. The SMILES string of the molecule is CC(N[P@](=O)(OC[C@H]1O[C@@H](n2ccc(=O)[nH]c2=O)[C@@](F)(Br)[C@@H]1O)Oc1ccccc1)C(=O)O. The maximum atomic E-state index is 15.2. The molecule has 0 bridgehead atoms. The van der Waals surface area contributed by atoms with Crippen molar-refractivity contribution in [1.29, 1.82) is 0 Å². The quantitative estimate of drug-likeness (QED) is 0.261. The highest BCUT2D eigenvalue weighted by Crippen LogP contribution is 2.49. The molecular weight excluding hydrogens is 532 g/mol. The molecule has 1 aromatic heterocycles. The van der Waals surface area contributed by atoms with Gasteiger partial charge in [0.05, 0.1) is 6.61 Å². The van der Waals surface area contributed by atoms with Crippen molar-refractivity contribution in [2.75, 3.05) is 6.61 Å². The van der Waals surface area contributed by atoms with Gasteiger partial charge in [-0.25, -0.2) is 13.8 Å². The summed E-state index contributed by atoms with van der Waals surface area (Å²) in [6.45, 7) is 0.494. The van der Waals surface area contributed by atoms with Crippen molar-refractivity contribution < 1.29 is 37.7 Å². The number of aromatic amines is 1. The van der Waals surface area contributed by atoms with Gasteiger partial charge in [0.2, 0.25) is 4.58 Å². The number of para-hydroxylation sites is 1. The minimum Gasteiger partial charge on any atom is -0.480 e. The predicted octanol–water partition coefficient (Wildman–Crippen LogP) is 1.12. The van der Waals surface area contributed by atoms with Crippen molar-refractivity contribution in [2.45, 2.75) is 36.0 Å². The van der Waals surface area contributed by atoms with Crippen LogP contribution in [0.2, 0.25) is 0 Å². The van der Waals surface area contributed by atoms with Crippen LogP contribution in [0.3, 0.4) is 0 Å². The standard InChI is InChI=1S/C18H20BrFN3O9P/c1-10(15(26)27)22-33(29,32-11-5-3-2-4-6-11)30-9-12-14(25)18(19,20)16(31-12)23-8-7-13(24)21-17(23)28/h2-8,10,12,14,16,25H,9H2,1H3,(H,22,29)(H,26,27)(H,21,24,28)/t10?,12-,14-,16-,18-,33+/m1/s1. The summed E-state index contributed by atoms with van der Waals surface area (Å²) >= 11 is 2.70. The molecule has 4 N–H and O–H groups in total. The lowest BCUT2D eigenvalue weighted by molar-refractivity contribution is -0.138. The number of aliphatic hydroxyl groups excluding tert-OH is 1. The minimum absolute atomic E-state index is 0.0943. The van der Waals surface area contributed by atoms with E-state index in [1.807, 2.05) is 4.98 Å². The first kappa shape index (κ1) is 25.3. The molecule has 1 fully saturated rings. The summed E-state index contributed by atoms with van der Waals surface area (Å²) in [6.07, 6.45) is -4.11. The molecule has 0 amide bonds. The van der Waals surface area contributed by atoms with E-state index in [9.17, 15) is 24.1 Å². The Labute approximate surface area is 194 Å². The number of ether oxygens (including phenoxy) is 1. The number of halogens is 2. The van der Waals surface area contributed by atoms with Crippen LogP contribution >= 0.6 is 23.7 Å². The summed E-state index contributed by atoms with van der Waals surface area (Å²) < 4.78 is 42.5. The summed E-state index contributed by atoms with van der Waals surface area (Å²) in [5, 5.41) is 21.8. The van der Waals surface area contributed by atoms with Gasteiger partial charge in [0.25, 0.3) is 5.56 Å². The third-order valence-corrected chi connectivity index (χ3v) is 7.09. The van der Waals surface area contributed by atoms with Gasteiger partial charge in [0, 0.05) is 12.3 Å². The number of hydrogen-bond acceptors (Lipinski definition) is 8. The van der Waals surface area contributed by atoms with Crippen molar-refractivity contribution in [3.8, 4) is 5.75 Å². The smallest absolute Gasteiger partial charge is 0.459 e. The van der Waals surface area contributed by atoms with E-state index >= 15 is 4.39 Å². The summed E-state index contributed by atoms with van der Waals surface area (Å²) in [7, 11) is -4.36. The average molecular weight is 552 g/mol. The van der Waals surface area contributed by atoms with Crippen LogP contribution in [0.5, 0.6) is 5.75 Å². The number of aliphatic carboxylic acids is 1. The molecule has 0 saturated carbocycles. The Balaban J connectivity index is 1.80. The summed E-state index contributed by atoms with van der Waals surface area (Å²) in [6, 6.07) is 7.35. The average Bonchev–Trinajstić information content (AvgIpc) is 2.96. The zero-order valence-electron chi connectivity index (χ0n) is 17.0. The summed E-state index contributed by atoms with van der Waals surface area (Å²) in [4.78, 5) is 36.4. The molecule has 15 heteroatoms. The number of carboxylic acids is 1. The Bertz CT molecular complexity index is 1160. The largest absolute Gasteiger partial charge is 0.480 e. The first-order valence-electron chi connectivity index (χ1n) is 9.45. The van der Waals surface area contributed by atoms with E-state index in [1.54, 1.807) is 18.2 Å². The van der Waals surface area contributed by atoms with Gasteiger partial charge in [-0.2, -0.15) is 5.09 Å². The second-order valence-corrected chi connectivity index (χ2v) is 9.96. The highest BCUT2D eigenvalue weighted by molar-refractivity contribution is 9.10. The molecule has 33 heavy (non-hydrogen) atoms. The van der Waals surface area contributed by atoms with Crippen molar-refractivity contribution >= 4 is 29.6 Å². The van der Waals surface area contributed by atoms with Gasteiger partial charge in [0.1, 0.15) is 24.0 Å². The molecule has 2 aromatic rings. The number of nitrogens with zero attached hydrogens (tertiary/aromatic N) is 1. The third-order valence-electron chi connectivity index (χ3n) is 4.58. The van der Waals surface area contributed by atoms with E-state index in [-0.39, 0.29) is 5.75 Å². The van der Waals surface area contributed by atoms with Crippen molar-refractivity contribution in [1.82, 2.24) is 14.6 Å². The van der Waals surface area contributed by atoms with Crippen LogP contribution in [0.4, 0.5) is 4.39 Å². The highest BCUT2D eigenvalue weighted by Gasteiger charge is 2.57. The van der Waals surface area contributed by atoms with Crippen LogP contribution in [-0.4, -0.2) is 55.2 Å². The molecule has 3 rings (SSSR count). The van der Waals surface area contributed by atoms with Gasteiger partial charge in [-0.05, 0) is 35.0 Å². The monoisotopic (exact) mass is 551 g/mol. The van der Waals surface area contributed by atoms with Gasteiger partial charge in [0.15, 0.2) is 6.23 Å². The highest BCUT2D eigenvalue weighted by atomic mass is 79.9. The van der Waals surface area contributed by atoms with Crippen LogP contribution in [-0.2, 0) is 18.6 Å². The molecule has 6 atom stereocenters. The second-order valence-electron chi connectivity index (χ2n) is 7.05.